The van der Waals surface area contributed by atoms with Crippen molar-refractivity contribution in [1.82, 2.24) is 5.32 Å². The van der Waals surface area contributed by atoms with Gasteiger partial charge >= 0.3 is 0 Å². The molecule has 60 heavy (non-hydrogen) atoms. The largest absolute Gasteiger partial charge is 0.394 e. The minimum Gasteiger partial charge on any atom is -0.394 e. The number of hydrogen-bond donors (Lipinski definition) is 3. The van der Waals surface area contributed by atoms with E-state index in [2.05, 4.69) is 79.9 Å². The van der Waals surface area contributed by atoms with Crippen LogP contribution in [0.4, 0.5) is 0 Å². The molecule has 0 aromatic heterocycles. The van der Waals surface area contributed by atoms with Crippen LogP contribution in [0.1, 0.15) is 258 Å². The Labute approximate surface area is 374 Å². The maximum absolute atomic E-state index is 12.4. The van der Waals surface area contributed by atoms with Gasteiger partial charge in [0.15, 0.2) is 0 Å². The second-order valence-electron chi connectivity index (χ2n) is 17.6. The zero-order valence-corrected chi connectivity index (χ0v) is 40.0. The first-order valence-electron chi connectivity index (χ1n) is 26.2. The molecule has 0 radical (unpaired) electrons. The Kier molecular flexibility index (Phi) is 49.3. The van der Waals surface area contributed by atoms with Crippen LogP contribution in [0.5, 0.6) is 0 Å². The van der Waals surface area contributed by atoms with Gasteiger partial charge in [0.05, 0.1) is 18.8 Å². The molecule has 1 amide bonds. The highest BCUT2D eigenvalue weighted by Gasteiger charge is 2.17. The maximum atomic E-state index is 12.4. The van der Waals surface area contributed by atoms with E-state index in [1.165, 1.54) is 173 Å². The Morgan fingerprint density at radius 1 is 0.417 bits per heavy atom. The van der Waals surface area contributed by atoms with E-state index >= 15 is 0 Å². The fourth-order valence-electron chi connectivity index (χ4n) is 7.72. The molecule has 0 saturated carbocycles. The number of hydrogen-bond acceptors (Lipinski definition) is 3. The van der Waals surface area contributed by atoms with E-state index in [0.717, 1.165) is 64.2 Å². The zero-order valence-electron chi connectivity index (χ0n) is 40.0. The van der Waals surface area contributed by atoms with Crippen LogP contribution < -0.4 is 5.32 Å². The van der Waals surface area contributed by atoms with Gasteiger partial charge in [0.2, 0.25) is 5.91 Å². The van der Waals surface area contributed by atoms with E-state index < -0.39 is 12.1 Å². The number of rotatable bonds is 47. The van der Waals surface area contributed by atoms with Crippen molar-refractivity contribution in [2.75, 3.05) is 6.61 Å². The van der Waals surface area contributed by atoms with Crippen LogP contribution in [0.2, 0.25) is 0 Å². The van der Waals surface area contributed by atoms with E-state index in [1.54, 1.807) is 6.08 Å². The zero-order chi connectivity index (χ0) is 43.5. The summed E-state index contributed by atoms with van der Waals surface area (Å²) in [6.07, 6.45) is 73.3. The van der Waals surface area contributed by atoms with Crippen molar-refractivity contribution in [1.29, 1.82) is 0 Å². The first-order valence-corrected chi connectivity index (χ1v) is 26.2. The average Bonchev–Trinajstić information content (AvgIpc) is 3.25. The molecule has 2 unspecified atom stereocenters. The monoisotopic (exact) mass is 836 g/mol. The van der Waals surface area contributed by atoms with Crippen LogP contribution in [0.3, 0.4) is 0 Å². The summed E-state index contributed by atoms with van der Waals surface area (Å²) in [7, 11) is 0. The van der Waals surface area contributed by atoms with Gasteiger partial charge in [-0.25, -0.2) is 0 Å². The number of carbonyl (C=O) groups excluding carboxylic acids is 1. The quantitative estimate of drug-likeness (QED) is 0.0422. The fraction of sp³-hybridized carbons (Fsp3) is 0.768. The number of unbranched alkanes of at least 4 members (excludes halogenated alkanes) is 30. The van der Waals surface area contributed by atoms with Crippen molar-refractivity contribution in [2.24, 2.45) is 0 Å². The molecule has 4 heteroatoms. The van der Waals surface area contributed by atoms with E-state index in [9.17, 15) is 15.0 Å². The molecule has 0 aliphatic rings. The van der Waals surface area contributed by atoms with Gasteiger partial charge in [-0.3, -0.25) is 4.79 Å². The molecule has 0 fully saturated rings. The molecule has 4 nitrogen and oxygen atoms in total. The molecule has 0 spiro atoms. The topological polar surface area (TPSA) is 69.6 Å². The van der Waals surface area contributed by atoms with Gasteiger partial charge in [-0.1, -0.05) is 254 Å². The van der Waals surface area contributed by atoms with Crippen molar-refractivity contribution in [3.8, 4) is 0 Å². The molecule has 0 rings (SSSR count). The van der Waals surface area contributed by atoms with Gasteiger partial charge in [-0.05, 0) is 70.6 Å². The van der Waals surface area contributed by atoms with Gasteiger partial charge in [0.25, 0.3) is 0 Å². The normalized spacial score (nSPS) is 13.5. The van der Waals surface area contributed by atoms with Crippen LogP contribution in [0.15, 0.2) is 72.9 Å². The van der Waals surface area contributed by atoms with Gasteiger partial charge < -0.3 is 15.5 Å². The van der Waals surface area contributed by atoms with Crippen LogP contribution in [0, 0.1) is 0 Å². The number of aliphatic hydroxyl groups is 2. The summed E-state index contributed by atoms with van der Waals surface area (Å²) >= 11 is 0. The second kappa shape index (κ2) is 51.2. The molecule has 0 aromatic rings. The molecule has 3 N–H and O–H groups in total. The molecule has 0 aliphatic carbocycles. The number of carbonyl (C=O) groups is 1. The third-order valence-electron chi connectivity index (χ3n) is 11.7. The standard InChI is InChI=1S/C56H101NO3/c1-3-5-7-9-11-13-15-17-19-21-23-25-26-27-28-29-30-32-33-35-37-39-41-43-45-47-49-51-55(59)54(53-58)57-56(60)52-50-48-46-44-42-40-38-36-34-31-24-22-20-18-16-14-12-10-8-6-4-2/h6,8,12,14,18,20,24,31,41,43,49,51,54-55,58-59H,3-5,7,9-11,13,15-17,19,21-23,25-30,32-40,42,44-48,50,52-53H2,1-2H3,(H,57,60)/b8-6-,14-12-,20-18-,31-24-,43-41+,51-49+. The SMILES string of the molecule is CC/C=C\C/C=C\C/C=C\C/C=C\CCCCCCCCCCC(=O)NC(CO)C(O)/C=C/CC/C=C/CCCCCCCCCCCCCCCCCCCCCCC. The molecular formula is C56H101NO3. The number of nitrogens with one attached hydrogen (secondary N) is 1. The molecule has 0 saturated heterocycles. The van der Waals surface area contributed by atoms with Crippen molar-refractivity contribution in [3.05, 3.63) is 72.9 Å². The lowest BCUT2D eigenvalue weighted by molar-refractivity contribution is -0.123. The predicted molar refractivity (Wildman–Crippen MR) is 267 cm³/mol. The van der Waals surface area contributed by atoms with Gasteiger partial charge in [0, 0.05) is 6.42 Å². The summed E-state index contributed by atoms with van der Waals surface area (Å²) in [6, 6.07) is -0.648. The highest BCUT2D eigenvalue weighted by atomic mass is 16.3. The Hall–Kier alpha value is -2.17. The van der Waals surface area contributed by atoms with Crippen LogP contribution in [-0.4, -0.2) is 34.9 Å². The second-order valence-corrected chi connectivity index (χ2v) is 17.6. The molecule has 0 bridgehead atoms. The first kappa shape index (κ1) is 57.8. The molecule has 0 aliphatic heterocycles. The van der Waals surface area contributed by atoms with Gasteiger partial charge in [0.1, 0.15) is 0 Å². The van der Waals surface area contributed by atoms with E-state index in [0.29, 0.717) is 6.42 Å². The van der Waals surface area contributed by atoms with Crippen LogP contribution >= 0.6 is 0 Å². The molecular weight excluding hydrogens is 735 g/mol. The highest BCUT2D eigenvalue weighted by molar-refractivity contribution is 5.76. The highest BCUT2D eigenvalue weighted by Crippen LogP contribution is 2.16. The Morgan fingerprint density at radius 2 is 0.750 bits per heavy atom. The van der Waals surface area contributed by atoms with Crippen molar-refractivity contribution >= 4 is 5.91 Å². The smallest absolute Gasteiger partial charge is 0.220 e. The minimum absolute atomic E-state index is 0.0829. The maximum Gasteiger partial charge on any atom is 0.220 e. The average molecular weight is 836 g/mol. The minimum atomic E-state index is -0.870. The lowest BCUT2D eigenvalue weighted by Crippen LogP contribution is -2.45. The lowest BCUT2D eigenvalue weighted by atomic mass is 10.0. The van der Waals surface area contributed by atoms with Crippen LogP contribution in [-0.2, 0) is 4.79 Å². The summed E-state index contributed by atoms with van der Waals surface area (Å²) in [6.45, 7) is 4.20. The van der Waals surface area contributed by atoms with Crippen LogP contribution in [0.25, 0.3) is 0 Å². The van der Waals surface area contributed by atoms with Crippen molar-refractivity contribution in [2.45, 2.75) is 270 Å². The molecule has 0 heterocycles. The summed E-state index contributed by atoms with van der Waals surface area (Å²) in [5.41, 5.74) is 0. The summed E-state index contributed by atoms with van der Waals surface area (Å²) in [5, 5.41) is 23.1. The Balaban J connectivity index is 3.58. The first-order chi connectivity index (χ1) is 29.7. The van der Waals surface area contributed by atoms with E-state index in [4.69, 9.17) is 0 Å². The van der Waals surface area contributed by atoms with Crippen molar-refractivity contribution < 1.29 is 15.0 Å². The van der Waals surface area contributed by atoms with Gasteiger partial charge in [-0.15, -0.1) is 0 Å². The lowest BCUT2D eigenvalue weighted by Gasteiger charge is -2.19. The van der Waals surface area contributed by atoms with Crippen molar-refractivity contribution in [3.63, 3.8) is 0 Å². The summed E-state index contributed by atoms with van der Waals surface area (Å²) in [5.74, 6) is -0.0829. The van der Waals surface area contributed by atoms with E-state index in [-0.39, 0.29) is 12.5 Å². The molecule has 348 valence electrons. The Bertz CT molecular complexity index is 1040. The third-order valence-corrected chi connectivity index (χ3v) is 11.7. The van der Waals surface area contributed by atoms with E-state index in [1.807, 2.05) is 6.08 Å². The predicted octanol–water partition coefficient (Wildman–Crippen LogP) is 17.0. The summed E-state index contributed by atoms with van der Waals surface area (Å²) in [4.78, 5) is 12.4. The number of amides is 1. The fourth-order valence-corrected chi connectivity index (χ4v) is 7.72. The third kappa shape index (κ3) is 46.9. The number of allylic oxidation sites excluding steroid dienone is 11. The molecule has 0 aromatic carbocycles. The number of aliphatic hydroxyl groups excluding tert-OH is 2. The van der Waals surface area contributed by atoms with Gasteiger partial charge in [-0.2, -0.15) is 0 Å². The Morgan fingerprint density at radius 3 is 1.17 bits per heavy atom. The molecule has 2 atom stereocenters. The summed E-state index contributed by atoms with van der Waals surface area (Å²) < 4.78 is 0.